The van der Waals surface area contributed by atoms with Crippen molar-refractivity contribution in [3.8, 4) is 0 Å². The van der Waals surface area contributed by atoms with Gasteiger partial charge in [-0.3, -0.25) is 4.79 Å². The first kappa shape index (κ1) is 11.6. The van der Waals surface area contributed by atoms with Crippen molar-refractivity contribution >= 4 is 5.78 Å². The van der Waals surface area contributed by atoms with Gasteiger partial charge in [0.2, 0.25) is 0 Å². The zero-order valence-electron chi connectivity index (χ0n) is 10.3. The molecule has 0 amide bonds. The number of ketones is 1. The molecule has 0 radical (unpaired) electrons. The van der Waals surface area contributed by atoms with Gasteiger partial charge in [-0.1, -0.05) is 16.7 Å². The first-order valence-electron chi connectivity index (χ1n) is 6.07. The van der Waals surface area contributed by atoms with Gasteiger partial charge in [-0.2, -0.15) is 0 Å². The molecule has 0 aliphatic heterocycles. The number of allylic oxidation sites excluding steroid dienone is 3. The SMILES string of the molecule is CC(C)=C1C[C@H]2C(=C(C)CC1=O)CC[C@H]2O. The Labute approximate surface area is 97.0 Å². The molecule has 16 heavy (non-hydrogen) atoms. The summed E-state index contributed by atoms with van der Waals surface area (Å²) >= 11 is 0. The highest BCUT2D eigenvalue weighted by Gasteiger charge is 2.35. The molecule has 0 heterocycles. The summed E-state index contributed by atoms with van der Waals surface area (Å²) in [7, 11) is 0. The topological polar surface area (TPSA) is 37.3 Å². The quantitative estimate of drug-likeness (QED) is 0.503. The summed E-state index contributed by atoms with van der Waals surface area (Å²) in [6.45, 7) is 6.04. The highest BCUT2D eigenvalue weighted by molar-refractivity contribution is 5.98. The summed E-state index contributed by atoms with van der Waals surface area (Å²) in [6, 6.07) is 0. The Morgan fingerprint density at radius 1 is 1.38 bits per heavy atom. The number of rotatable bonds is 0. The van der Waals surface area contributed by atoms with E-state index < -0.39 is 0 Å². The van der Waals surface area contributed by atoms with Crippen LogP contribution in [0.2, 0.25) is 0 Å². The van der Waals surface area contributed by atoms with Crippen molar-refractivity contribution in [1.29, 1.82) is 0 Å². The molecule has 0 spiro atoms. The van der Waals surface area contributed by atoms with Crippen molar-refractivity contribution in [2.45, 2.75) is 52.6 Å². The normalized spacial score (nSPS) is 30.5. The Kier molecular flexibility index (Phi) is 3.02. The molecule has 2 atom stereocenters. The minimum Gasteiger partial charge on any atom is -0.392 e. The third kappa shape index (κ3) is 1.86. The average Bonchev–Trinajstić information content (AvgIpc) is 2.49. The molecule has 88 valence electrons. The largest absolute Gasteiger partial charge is 0.392 e. The van der Waals surface area contributed by atoms with Gasteiger partial charge >= 0.3 is 0 Å². The summed E-state index contributed by atoms with van der Waals surface area (Å²) in [6.07, 6.45) is 2.89. The summed E-state index contributed by atoms with van der Waals surface area (Å²) < 4.78 is 0. The third-order valence-corrected chi connectivity index (χ3v) is 3.96. The van der Waals surface area contributed by atoms with Crippen LogP contribution in [-0.4, -0.2) is 17.0 Å². The van der Waals surface area contributed by atoms with E-state index in [4.69, 9.17) is 0 Å². The van der Waals surface area contributed by atoms with Crippen molar-refractivity contribution in [1.82, 2.24) is 0 Å². The molecular formula is C14H20O2. The van der Waals surface area contributed by atoms with E-state index in [1.165, 1.54) is 11.1 Å². The highest BCUT2D eigenvalue weighted by Crippen LogP contribution is 2.41. The fourth-order valence-electron chi connectivity index (χ4n) is 2.99. The average molecular weight is 220 g/mol. The molecule has 2 heteroatoms. The van der Waals surface area contributed by atoms with Gasteiger partial charge in [0.1, 0.15) is 0 Å². The van der Waals surface area contributed by atoms with E-state index in [0.29, 0.717) is 6.42 Å². The second-order valence-corrected chi connectivity index (χ2v) is 5.30. The second kappa shape index (κ2) is 4.17. The van der Waals surface area contributed by atoms with E-state index in [1.807, 2.05) is 20.8 Å². The van der Waals surface area contributed by atoms with Crippen LogP contribution in [0, 0.1) is 5.92 Å². The summed E-state index contributed by atoms with van der Waals surface area (Å²) in [5.41, 5.74) is 4.60. The van der Waals surface area contributed by atoms with Crippen LogP contribution >= 0.6 is 0 Å². The number of fused-ring (bicyclic) bond motifs is 1. The first-order chi connectivity index (χ1) is 7.50. The van der Waals surface area contributed by atoms with Gasteiger partial charge in [0.05, 0.1) is 6.10 Å². The van der Waals surface area contributed by atoms with Gasteiger partial charge in [-0.25, -0.2) is 0 Å². The minimum atomic E-state index is -0.245. The number of carbonyl (C=O) groups is 1. The molecule has 0 bridgehead atoms. The van der Waals surface area contributed by atoms with Crippen LogP contribution in [-0.2, 0) is 4.79 Å². The molecule has 2 aliphatic rings. The smallest absolute Gasteiger partial charge is 0.162 e. The number of hydrogen-bond acceptors (Lipinski definition) is 2. The molecule has 1 fully saturated rings. The first-order valence-corrected chi connectivity index (χ1v) is 6.07. The number of aliphatic hydroxyl groups is 1. The van der Waals surface area contributed by atoms with Gasteiger partial charge < -0.3 is 5.11 Å². The van der Waals surface area contributed by atoms with E-state index >= 15 is 0 Å². The fraction of sp³-hybridized carbons (Fsp3) is 0.643. The lowest BCUT2D eigenvalue weighted by molar-refractivity contribution is -0.115. The molecule has 0 unspecified atom stereocenters. The van der Waals surface area contributed by atoms with Gasteiger partial charge in [0.15, 0.2) is 5.78 Å². The van der Waals surface area contributed by atoms with Crippen LogP contribution in [0.4, 0.5) is 0 Å². The maximum absolute atomic E-state index is 12.0. The maximum atomic E-state index is 12.0. The van der Waals surface area contributed by atoms with Crippen molar-refractivity contribution in [3.05, 3.63) is 22.3 Å². The van der Waals surface area contributed by atoms with Gasteiger partial charge in [-0.15, -0.1) is 0 Å². The number of carbonyl (C=O) groups excluding carboxylic acids is 1. The molecular weight excluding hydrogens is 200 g/mol. The van der Waals surface area contributed by atoms with E-state index in [9.17, 15) is 9.90 Å². The molecule has 2 nitrogen and oxygen atoms in total. The van der Waals surface area contributed by atoms with E-state index in [1.54, 1.807) is 0 Å². The van der Waals surface area contributed by atoms with E-state index in [2.05, 4.69) is 0 Å². The third-order valence-electron chi connectivity index (χ3n) is 3.96. The zero-order valence-corrected chi connectivity index (χ0v) is 10.3. The van der Waals surface area contributed by atoms with Crippen LogP contribution < -0.4 is 0 Å². The maximum Gasteiger partial charge on any atom is 0.162 e. The standard InChI is InChI=1S/C14H20O2/c1-8(2)11-7-12-10(4-5-13(12)15)9(3)6-14(11)16/h12-13,15H,4-7H2,1-3H3/t12-,13+/m0/s1. The molecule has 0 aromatic carbocycles. The Bertz CT molecular complexity index is 384. The molecule has 2 aliphatic carbocycles. The summed E-state index contributed by atoms with van der Waals surface area (Å²) in [5, 5.41) is 9.98. The Morgan fingerprint density at radius 3 is 2.69 bits per heavy atom. The molecule has 0 saturated heterocycles. The number of hydrogen-bond donors (Lipinski definition) is 1. The molecule has 1 N–H and O–H groups in total. The van der Waals surface area contributed by atoms with Crippen molar-refractivity contribution in [2.75, 3.05) is 0 Å². The van der Waals surface area contributed by atoms with Crippen molar-refractivity contribution in [2.24, 2.45) is 5.92 Å². The van der Waals surface area contributed by atoms with Crippen LogP contribution in [0.1, 0.15) is 46.5 Å². The lowest BCUT2D eigenvalue weighted by Crippen LogP contribution is -2.16. The second-order valence-electron chi connectivity index (χ2n) is 5.30. The lowest BCUT2D eigenvalue weighted by atomic mass is 9.91. The molecule has 1 saturated carbocycles. The molecule has 2 rings (SSSR count). The Morgan fingerprint density at radius 2 is 2.06 bits per heavy atom. The van der Waals surface area contributed by atoms with Crippen LogP contribution in [0.3, 0.4) is 0 Å². The number of Topliss-reactive ketones (excluding diaryl/α,β-unsaturated/α-hetero) is 1. The van der Waals surface area contributed by atoms with Crippen molar-refractivity contribution < 1.29 is 9.90 Å². The monoisotopic (exact) mass is 220 g/mol. The Balaban J connectivity index is 2.40. The predicted molar refractivity (Wildman–Crippen MR) is 64.0 cm³/mol. The van der Waals surface area contributed by atoms with E-state index in [0.717, 1.165) is 30.4 Å². The van der Waals surface area contributed by atoms with Crippen LogP contribution in [0.25, 0.3) is 0 Å². The molecule has 0 aromatic rings. The van der Waals surface area contributed by atoms with E-state index in [-0.39, 0.29) is 17.8 Å². The molecule has 0 aromatic heterocycles. The van der Waals surface area contributed by atoms with Crippen molar-refractivity contribution in [3.63, 3.8) is 0 Å². The van der Waals surface area contributed by atoms with Crippen LogP contribution in [0.5, 0.6) is 0 Å². The van der Waals surface area contributed by atoms with Crippen LogP contribution in [0.15, 0.2) is 22.3 Å². The number of aliphatic hydroxyl groups excluding tert-OH is 1. The fourth-order valence-corrected chi connectivity index (χ4v) is 2.99. The van der Waals surface area contributed by atoms with Gasteiger partial charge in [0.25, 0.3) is 0 Å². The predicted octanol–water partition coefficient (Wildman–Crippen LogP) is 2.77. The summed E-state index contributed by atoms with van der Waals surface area (Å²) in [5.74, 6) is 0.461. The highest BCUT2D eigenvalue weighted by atomic mass is 16.3. The van der Waals surface area contributed by atoms with Gasteiger partial charge in [0, 0.05) is 12.3 Å². The Hall–Kier alpha value is -0.890. The lowest BCUT2D eigenvalue weighted by Gasteiger charge is -2.16. The minimum absolute atomic E-state index is 0.205. The van der Waals surface area contributed by atoms with Gasteiger partial charge in [-0.05, 0) is 45.6 Å². The zero-order chi connectivity index (χ0) is 11.9. The summed E-state index contributed by atoms with van der Waals surface area (Å²) in [4.78, 5) is 12.0.